The average molecular weight is 758 g/mol. The van der Waals surface area contributed by atoms with Crippen LogP contribution in [-0.4, -0.2) is 98.0 Å². The number of aromatic amines is 1. The topological polar surface area (TPSA) is 208 Å². The van der Waals surface area contributed by atoms with Crippen molar-refractivity contribution in [3.8, 4) is 0 Å². The Kier molecular flexibility index (Phi) is 15.1. The third-order valence-corrected chi connectivity index (χ3v) is 10.3. The fraction of sp³-hybridized carbons (Fsp3) is 0.649. The average Bonchev–Trinajstić information content (AvgIpc) is 3.89. The zero-order chi connectivity index (χ0) is 39.5. The van der Waals surface area contributed by atoms with E-state index in [1.54, 1.807) is 65.0 Å². The minimum Gasteiger partial charge on any atom is -0.344 e. The highest BCUT2D eigenvalue weighted by molar-refractivity contribution is 6.38. The minimum absolute atomic E-state index is 0.0461. The first-order valence-electron chi connectivity index (χ1n) is 18.8. The van der Waals surface area contributed by atoms with Gasteiger partial charge in [-0.25, -0.2) is 8.78 Å². The first-order chi connectivity index (χ1) is 25.7. The Hall–Kier alpha value is -4.83. The smallest absolute Gasteiger partial charge is 0.290 e. The van der Waals surface area contributed by atoms with Gasteiger partial charge in [-0.15, -0.1) is 10.2 Å². The lowest BCUT2D eigenvalue weighted by atomic mass is 9.92. The summed E-state index contributed by atoms with van der Waals surface area (Å²) in [4.78, 5) is 82.3. The SMILES string of the molecule is CC(C)[C@H](NC(=O)CCCCc1nn[nH]n1)C(=O)N[C@H](C(=O)N1C[C@@H]2CCC[C@@H]2[C@H]1C(=O)NC(CC(F)F)C(=O)C(=O)N[C@@H](C)c1ccccc1)C(C)C. The molecule has 296 valence electrons. The molecule has 54 heavy (non-hydrogen) atoms. The molecule has 1 saturated heterocycles. The molecule has 0 spiro atoms. The number of nitrogens with zero attached hydrogens (tertiary/aromatic N) is 4. The van der Waals surface area contributed by atoms with Crippen LogP contribution in [0.2, 0.25) is 0 Å². The molecule has 1 aromatic heterocycles. The largest absolute Gasteiger partial charge is 0.344 e. The van der Waals surface area contributed by atoms with Gasteiger partial charge in [-0.1, -0.05) is 69.7 Å². The second kappa shape index (κ2) is 19.5. The lowest BCUT2D eigenvalue weighted by molar-refractivity contribution is -0.145. The van der Waals surface area contributed by atoms with Crippen molar-refractivity contribution in [2.24, 2.45) is 23.7 Å². The van der Waals surface area contributed by atoms with E-state index >= 15 is 0 Å². The van der Waals surface area contributed by atoms with Gasteiger partial charge in [-0.05, 0) is 61.8 Å². The maximum absolute atomic E-state index is 14.3. The third kappa shape index (κ3) is 11.1. The van der Waals surface area contributed by atoms with Crippen LogP contribution in [0.3, 0.4) is 0 Å². The number of hydrogen-bond donors (Lipinski definition) is 5. The molecular formula is C37H53F2N9O6. The molecule has 15 nitrogen and oxygen atoms in total. The minimum atomic E-state index is -3.01. The number of hydrogen-bond acceptors (Lipinski definition) is 9. The van der Waals surface area contributed by atoms with Crippen LogP contribution < -0.4 is 21.3 Å². The number of benzene rings is 1. The summed E-state index contributed by atoms with van der Waals surface area (Å²) in [6, 6.07) is 3.22. The lowest BCUT2D eigenvalue weighted by Crippen LogP contribution is -2.60. The normalized spacial score (nSPS) is 20.3. The number of Topliss-reactive ketones (excluding diaryl/α,β-unsaturated/α-hetero) is 1. The van der Waals surface area contributed by atoms with Crippen molar-refractivity contribution >= 4 is 35.3 Å². The van der Waals surface area contributed by atoms with E-state index < -0.39 is 78.4 Å². The van der Waals surface area contributed by atoms with E-state index in [2.05, 4.69) is 41.9 Å². The number of amides is 5. The van der Waals surface area contributed by atoms with Crippen molar-refractivity contribution in [2.45, 2.75) is 123 Å². The zero-order valence-corrected chi connectivity index (χ0v) is 31.5. The first kappa shape index (κ1) is 41.9. The number of H-pyrrole nitrogens is 1. The van der Waals surface area contributed by atoms with Gasteiger partial charge < -0.3 is 26.2 Å². The molecule has 0 radical (unpaired) electrons. The van der Waals surface area contributed by atoms with E-state index in [0.29, 0.717) is 37.1 Å². The number of carbonyl (C=O) groups excluding carboxylic acids is 6. The molecule has 17 heteroatoms. The predicted octanol–water partition coefficient (Wildman–Crippen LogP) is 2.41. The summed E-state index contributed by atoms with van der Waals surface area (Å²) < 4.78 is 27.5. The number of unbranched alkanes of at least 4 members (excludes halogenated alkanes) is 1. The van der Waals surface area contributed by atoms with Crippen LogP contribution >= 0.6 is 0 Å². The number of likely N-dealkylation sites (tertiary alicyclic amines) is 1. The zero-order valence-electron chi connectivity index (χ0n) is 31.5. The fourth-order valence-electron chi connectivity index (χ4n) is 7.36. The summed E-state index contributed by atoms with van der Waals surface area (Å²) in [7, 11) is 0. The van der Waals surface area contributed by atoms with Crippen molar-refractivity contribution in [1.82, 2.24) is 46.8 Å². The molecule has 1 unspecified atom stereocenters. The Morgan fingerprint density at radius 1 is 0.889 bits per heavy atom. The molecule has 5 N–H and O–H groups in total. The molecule has 4 rings (SSSR count). The Morgan fingerprint density at radius 3 is 2.22 bits per heavy atom. The van der Waals surface area contributed by atoms with Gasteiger partial charge in [0, 0.05) is 25.8 Å². The van der Waals surface area contributed by atoms with Gasteiger partial charge in [0.2, 0.25) is 35.8 Å². The predicted molar refractivity (Wildman–Crippen MR) is 192 cm³/mol. The molecular weight excluding hydrogens is 704 g/mol. The van der Waals surface area contributed by atoms with Gasteiger partial charge in [-0.2, -0.15) is 5.21 Å². The number of tetrazole rings is 1. The first-order valence-corrected chi connectivity index (χ1v) is 18.8. The van der Waals surface area contributed by atoms with Crippen molar-refractivity contribution in [3.63, 3.8) is 0 Å². The lowest BCUT2D eigenvalue weighted by Gasteiger charge is -2.34. The number of aryl methyl sites for hydroxylation is 1. The van der Waals surface area contributed by atoms with Crippen molar-refractivity contribution < 1.29 is 37.5 Å². The number of ketones is 1. The fourth-order valence-corrected chi connectivity index (χ4v) is 7.36. The van der Waals surface area contributed by atoms with Gasteiger partial charge in [0.25, 0.3) is 5.91 Å². The van der Waals surface area contributed by atoms with Crippen molar-refractivity contribution in [2.75, 3.05) is 6.54 Å². The second-order valence-electron chi connectivity index (χ2n) is 15.0. The van der Waals surface area contributed by atoms with Crippen LogP contribution in [0.25, 0.3) is 0 Å². The number of rotatable bonds is 19. The summed E-state index contributed by atoms with van der Waals surface area (Å²) in [6.45, 7) is 8.88. The van der Waals surface area contributed by atoms with E-state index in [1.165, 1.54) is 4.90 Å². The molecule has 2 aliphatic rings. The van der Waals surface area contributed by atoms with Crippen LogP contribution in [0, 0.1) is 23.7 Å². The molecule has 0 bridgehead atoms. The number of alkyl halides is 2. The van der Waals surface area contributed by atoms with Gasteiger partial charge in [0.15, 0.2) is 5.82 Å². The van der Waals surface area contributed by atoms with E-state index in [-0.39, 0.29) is 36.6 Å². The van der Waals surface area contributed by atoms with E-state index in [1.807, 2.05) is 0 Å². The Balaban J connectivity index is 1.44. The van der Waals surface area contributed by atoms with E-state index in [4.69, 9.17) is 0 Å². The molecule has 1 aliphatic heterocycles. The highest BCUT2D eigenvalue weighted by Gasteiger charge is 2.51. The monoisotopic (exact) mass is 757 g/mol. The molecule has 1 aliphatic carbocycles. The van der Waals surface area contributed by atoms with Crippen molar-refractivity contribution in [1.29, 1.82) is 0 Å². The summed E-state index contributed by atoms with van der Waals surface area (Å²) >= 11 is 0. The number of fused-ring (bicyclic) bond motifs is 1. The molecule has 1 saturated carbocycles. The van der Waals surface area contributed by atoms with E-state index in [9.17, 15) is 37.5 Å². The molecule has 2 fully saturated rings. The van der Waals surface area contributed by atoms with Crippen LogP contribution in [0.4, 0.5) is 8.78 Å². The third-order valence-electron chi connectivity index (χ3n) is 10.3. The molecule has 2 aromatic rings. The molecule has 1 aromatic carbocycles. The standard InChI is InChI=1S/C37H53F2N9O6/c1-20(2)30(42-29(49)17-10-9-16-28-44-46-47-45-28)34(51)43-31(21(3)4)37(54)48-19-24-14-11-15-25(24)32(48)35(52)41-26(18-27(38)39)33(50)36(53)40-22(5)23-12-7-6-8-13-23/h6-8,12-13,20-22,24-27,30-32H,9-11,14-19H2,1-5H3,(H,40,53)(H,41,52)(H,42,49)(H,43,51)(H,44,45,46,47)/t22-,24-,25-,26?,30-,31-,32-/m0/s1. The summed E-state index contributed by atoms with van der Waals surface area (Å²) in [5.74, 6) is -5.11. The van der Waals surface area contributed by atoms with Gasteiger partial charge in [0.1, 0.15) is 24.2 Å². The number of nitrogens with one attached hydrogen (secondary N) is 5. The molecule has 5 amide bonds. The van der Waals surface area contributed by atoms with Gasteiger partial charge in [0.05, 0.1) is 6.04 Å². The highest BCUT2D eigenvalue weighted by atomic mass is 19.3. The second-order valence-corrected chi connectivity index (χ2v) is 15.0. The Labute approximate surface area is 313 Å². The van der Waals surface area contributed by atoms with Crippen LogP contribution in [-0.2, 0) is 35.2 Å². The van der Waals surface area contributed by atoms with Crippen LogP contribution in [0.1, 0.15) is 97.0 Å². The maximum Gasteiger partial charge on any atom is 0.290 e. The molecule has 2 heterocycles. The van der Waals surface area contributed by atoms with Gasteiger partial charge >= 0.3 is 0 Å². The highest BCUT2D eigenvalue weighted by Crippen LogP contribution is 2.42. The molecule has 7 atom stereocenters. The number of halogens is 2. The quantitative estimate of drug-likeness (QED) is 0.105. The Morgan fingerprint density at radius 2 is 1.59 bits per heavy atom. The van der Waals surface area contributed by atoms with Crippen molar-refractivity contribution in [3.05, 3.63) is 41.7 Å². The number of aromatic nitrogens is 4. The summed E-state index contributed by atoms with van der Waals surface area (Å²) in [5, 5.41) is 24.2. The van der Waals surface area contributed by atoms with Crippen LogP contribution in [0.15, 0.2) is 30.3 Å². The Bertz CT molecular complexity index is 1590. The number of carbonyl (C=O) groups is 6. The van der Waals surface area contributed by atoms with E-state index in [0.717, 1.165) is 12.8 Å². The summed E-state index contributed by atoms with van der Waals surface area (Å²) in [6.07, 6.45) is -0.0728. The van der Waals surface area contributed by atoms with Crippen LogP contribution in [0.5, 0.6) is 0 Å². The maximum atomic E-state index is 14.3. The van der Waals surface area contributed by atoms with Gasteiger partial charge in [-0.3, -0.25) is 28.8 Å². The summed E-state index contributed by atoms with van der Waals surface area (Å²) in [5.41, 5.74) is 0.697.